The molecular weight excluding hydrogens is 446 g/mol. The zero-order valence-electron chi connectivity index (χ0n) is 18.5. The van der Waals surface area contributed by atoms with Gasteiger partial charge in [-0.25, -0.2) is 18.6 Å². The number of aryl methyl sites for hydroxylation is 1. The second-order valence-electron chi connectivity index (χ2n) is 7.10. The Morgan fingerprint density at radius 1 is 1.03 bits per heavy atom. The maximum atomic E-state index is 12.4. The summed E-state index contributed by atoms with van der Waals surface area (Å²) in [7, 11) is -0.586. The summed E-state index contributed by atoms with van der Waals surface area (Å²) in [5, 5.41) is 3.88. The number of hydrazone groups is 1. The summed E-state index contributed by atoms with van der Waals surface area (Å²) in [5.41, 5.74) is 4.13. The first-order chi connectivity index (χ1) is 15.8. The minimum atomic E-state index is -3.65. The van der Waals surface area contributed by atoms with E-state index in [1.54, 1.807) is 54.6 Å². The van der Waals surface area contributed by atoms with Crippen LogP contribution in [0.15, 0.2) is 69.0 Å². The number of benzene rings is 2. The Labute approximate surface area is 192 Å². The highest BCUT2D eigenvalue weighted by Crippen LogP contribution is 2.27. The summed E-state index contributed by atoms with van der Waals surface area (Å²) >= 11 is 0. The number of sulfonamides is 1. The molecule has 1 amide bonds. The Balaban J connectivity index is 1.51. The van der Waals surface area contributed by atoms with Crippen LogP contribution in [-0.4, -0.2) is 34.8 Å². The predicted octanol–water partition coefficient (Wildman–Crippen LogP) is 2.78. The van der Waals surface area contributed by atoms with Crippen LogP contribution in [0.2, 0.25) is 0 Å². The highest BCUT2D eigenvalue weighted by Gasteiger charge is 2.14. The molecule has 33 heavy (non-hydrogen) atoms. The molecule has 0 aliphatic carbocycles. The van der Waals surface area contributed by atoms with Gasteiger partial charge in [-0.3, -0.25) is 4.79 Å². The van der Waals surface area contributed by atoms with E-state index < -0.39 is 10.0 Å². The lowest BCUT2D eigenvalue weighted by Gasteiger charge is -2.09. The molecule has 174 valence electrons. The first-order valence-electron chi connectivity index (χ1n) is 9.98. The number of rotatable bonds is 10. The number of nitrogens with zero attached hydrogens (tertiary/aromatic N) is 1. The third-order valence-corrected chi connectivity index (χ3v) is 6.06. The molecule has 0 unspecified atom stereocenters. The van der Waals surface area contributed by atoms with Gasteiger partial charge in [0, 0.05) is 0 Å². The van der Waals surface area contributed by atoms with Gasteiger partial charge in [0.05, 0.1) is 38.3 Å². The van der Waals surface area contributed by atoms with Gasteiger partial charge in [0.1, 0.15) is 11.5 Å². The van der Waals surface area contributed by atoms with Crippen molar-refractivity contribution in [1.29, 1.82) is 0 Å². The number of carbonyl (C=O) groups excluding carboxylic acids is 1. The van der Waals surface area contributed by atoms with E-state index in [-0.39, 0.29) is 23.8 Å². The molecule has 0 saturated heterocycles. The van der Waals surface area contributed by atoms with Crippen LogP contribution >= 0.6 is 0 Å². The molecule has 0 aliphatic heterocycles. The van der Waals surface area contributed by atoms with Crippen molar-refractivity contribution in [2.75, 3.05) is 14.2 Å². The molecule has 0 bridgehead atoms. The van der Waals surface area contributed by atoms with E-state index in [0.717, 1.165) is 11.1 Å². The minimum absolute atomic E-state index is 0.0181. The number of furan rings is 1. The number of nitrogens with one attached hydrogen (secondary N) is 2. The molecule has 0 atom stereocenters. The molecule has 3 rings (SSSR count). The fraction of sp³-hybridized carbons (Fsp3) is 0.217. The molecule has 0 aliphatic rings. The summed E-state index contributed by atoms with van der Waals surface area (Å²) in [6, 6.07) is 15.0. The third kappa shape index (κ3) is 6.67. The normalized spacial score (nSPS) is 11.5. The number of hydrogen-bond donors (Lipinski definition) is 2. The topological polar surface area (TPSA) is 119 Å². The Hall–Kier alpha value is -3.63. The number of hydrogen-bond acceptors (Lipinski definition) is 7. The molecule has 0 spiro atoms. The summed E-state index contributed by atoms with van der Waals surface area (Å²) < 4.78 is 43.1. The molecule has 0 fully saturated rings. The highest BCUT2D eigenvalue weighted by molar-refractivity contribution is 7.89. The Morgan fingerprint density at radius 3 is 2.45 bits per heavy atom. The molecule has 0 radical (unpaired) electrons. The largest absolute Gasteiger partial charge is 0.493 e. The smallest absolute Gasteiger partial charge is 0.244 e. The van der Waals surface area contributed by atoms with Gasteiger partial charge in [-0.1, -0.05) is 23.8 Å². The highest BCUT2D eigenvalue weighted by atomic mass is 32.2. The van der Waals surface area contributed by atoms with Crippen molar-refractivity contribution in [1.82, 2.24) is 10.1 Å². The van der Waals surface area contributed by atoms with E-state index in [2.05, 4.69) is 15.2 Å². The van der Waals surface area contributed by atoms with Crippen molar-refractivity contribution in [3.63, 3.8) is 0 Å². The molecule has 2 aromatic carbocycles. The van der Waals surface area contributed by atoms with Crippen molar-refractivity contribution in [2.24, 2.45) is 5.10 Å². The second kappa shape index (κ2) is 10.8. The van der Waals surface area contributed by atoms with Crippen molar-refractivity contribution in [2.45, 2.75) is 24.8 Å². The van der Waals surface area contributed by atoms with Crippen LogP contribution in [0, 0.1) is 6.92 Å². The fourth-order valence-corrected chi connectivity index (χ4v) is 3.90. The Bertz CT molecular complexity index is 1230. The molecule has 9 nitrogen and oxygen atoms in total. The van der Waals surface area contributed by atoms with E-state index in [1.165, 1.54) is 20.4 Å². The van der Waals surface area contributed by atoms with Gasteiger partial charge >= 0.3 is 0 Å². The standard InChI is InChI=1S/C23H25N3O6S/c1-16-4-9-20(10-5-16)33(28,29)25-15-19-8-7-18(32-19)14-24-26-23(27)13-17-6-11-21(30-2)22(12-17)31-3/h4-12,14,25H,13,15H2,1-3H3,(H,26,27)/b24-14-. The quantitative estimate of drug-likeness (QED) is 0.347. The predicted molar refractivity (Wildman–Crippen MR) is 123 cm³/mol. The van der Waals surface area contributed by atoms with E-state index >= 15 is 0 Å². The van der Waals surface area contributed by atoms with E-state index in [9.17, 15) is 13.2 Å². The zero-order valence-corrected chi connectivity index (χ0v) is 19.3. The lowest BCUT2D eigenvalue weighted by molar-refractivity contribution is -0.120. The molecule has 2 N–H and O–H groups in total. The Kier molecular flexibility index (Phi) is 7.86. The average Bonchev–Trinajstić information content (AvgIpc) is 3.26. The van der Waals surface area contributed by atoms with Crippen LogP contribution in [0.25, 0.3) is 0 Å². The molecular formula is C23H25N3O6S. The average molecular weight is 472 g/mol. The second-order valence-corrected chi connectivity index (χ2v) is 8.87. The molecule has 10 heteroatoms. The van der Waals surface area contributed by atoms with Crippen LogP contribution in [0.5, 0.6) is 11.5 Å². The third-order valence-electron chi connectivity index (χ3n) is 4.64. The summed E-state index contributed by atoms with van der Waals surface area (Å²) in [6.07, 6.45) is 1.44. The zero-order chi connectivity index (χ0) is 23.8. The molecule has 0 saturated carbocycles. The summed E-state index contributed by atoms with van der Waals surface area (Å²) in [5.74, 6) is 1.56. The number of ether oxygens (including phenoxy) is 2. The molecule has 1 heterocycles. The van der Waals surface area contributed by atoms with E-state index in [0.29, 0.717) is 23.0 Å². The van der Waals surface area contributed by atoms with Gasteiger partial charge < -0.3 is 13.9 Å². The Morgan fingerprint density at radius 2 is 1.76 bits per heavy atom. The monoisotopic (exact) mass is 471 g/mol. The van der Waals surface area contributed by atoms with Crippen molar-refractivity contribution in [3.05, 3.63) is 77.2 Å². The van der Waals surface area contributed by atoms with Crippen LogP contribution in [0.4, 0.5) is 0 Å². The summed E-state index contributed by atoms with van der Waals surface area (Å²) in [4.78, 5) is 12.3. The van der Waals surface area contributed by atoms with E-state index in [1.807, 2.05) is 6.92 Å². The first-order valence-corrected chi connectivity index (χ1v) is 11.5. The maximum absolute atomic E-state index is 12.4. The molecule has 3 aromatic rings. The van der Waals surface area contributed by atoms with Gasteiger partial charge in [0.25, 0.3) is 0 Å². The van der Waals surface area contributed by atoms with Gasteiger partial charge in [-0.2, -0.15) is 5.10 Å². The number of amides is 1. The molecule has 1 aromatic heterocycles. The van der Waals surface area contributed by atoms with Crippen molar-refractivity contribution < 1.29 is 27.1 Å². The van der Waals surface area contributed by atoms with Gasteiger partial charge in [0.15, 0.2) is 11.5 Å². The van der Waals surface area contributed by atoms with Gasteiger partial charge in [-0.15, -0.1) is 0 Å². The summed E-state index contributed by atoms with van der Waals surface area (Å²) in [6.45, 7) is 1.87. The lowest BCUT2D eigenvalue weighted by Crippen LogP contribution is -2.22. The van der Waals surface area contributed by atoms with Crippen molar-refractivity contribution >= 4 is 22.1 Å². The SMILES string of the molecule is COc1ccc(CC(=O)N/N=C\c2ccc(CNS(=O)(=O)c3ccc(C)cc3)o2)cc1OC. The first kappa shape index (κ1) is 24.0. The maximum Gasteiger partial charge on any atom is 0.244 e. The van der Waals surface area contributed by atoms with Crippen LogP contribution in [-0.2, 0) is 27.8 Å². The van der Waals surface area contributed by atoms with Crippen LogP contribution in [0.1, 0.15) is 22.6 Å². The minimum Gasteiger partial charge on any atom is -0.493 e. The number of carbonyl (C=O) groups is 1. The van der Waals surface area contributed by atoms with Gasteiger partial charge in [0.2, 0.25) is 15.9 Å². The van der Waals surface area contributed by atoms with Gasteiger partial charge in [-0.05, 0) is 48.9 Å². The lowest BCUT2D eigenvalue weighted by atomic mass is 10.1. The van der Waals surface area contributed by atoms with Crippen molar-refractivity contribution in [3.8, 4) is 11.5 Å². The fourth-order valence-electron chi connectivity index (χ4n) is 2.91. The number of methoxy groups -OCH3 is 2. The van der Waals surface area contributed by atoms with Crippen LogP contribution in [0.3, 0.4) is 0 Å². The van der Waals surface area contributed by atoms with Crippen LogP contribution < -0.4 is 19.6 Å². The van der Waals surface area contributed by atoms with E-state index in [4.69, 9.17) is 13.9 Å².